The number of halogens is 1. The minimum absolute atomic E-state index is 0.318. The zero-order valence-corrected chi connectivity index (χ0v) is 17.2. The average molecular weight is 438 g/mol. The van der Waals surface area contributed by atoms with E-state index in [0.717, 1.165) is 10.5 Å². The number of nitrogens with zero attached hydrogens (tertiary/aromatic N) is 2. The summed E-state index contributed by atoms with van der Waals surface area (Å²) in [5.74, 6) is -0.143. The normalized spacial score (nSPS) is 10.1. The van der Waals surface area contributed by atoms with Gasteiger partial charge in [-0.05, 0) is 42.0 Å². The van der Waals surface area contributed by atoms with Crippen LogP contribution in [-0.2, 0) is 15.3 Å². The van der Waals surface area contributed by atoms with Crippen molar-refractivity contribution >= 4 is 41.1 Å². The number of esters is 1. The first kappa shape index (κ1) is 21.4. The molecule has 150 valence electrons. The fraction of sp³-hybridized carbons (Fsp3) is 0.0909. The summed E-state index contributed by atoms with van der Waals surface area (Å²) in [6.07, 6.45) is 1.41. The molecule has 0 spiro atoms. The molecule has 0 aliphatic heterocycles. The summed E-state index contributed by atoms with van der Waals surface area (Å²) in [7, 11) is 0. The lowest BCUT2D eigenvalue weighted by Gasteiger charge is -2.10. The van der Waals surface area contributed by atoms with Crippen molar-refractivity contribution in [2.45, 2.75) is 10.6 Å². The highest BCUT2D eigenvalue weighted by Gasteiger charge is 2.15. The Kier molecular flexibility index (Phi) is 7.44. The molecule has 0 saturated carbocycles. The van der Waals surface area contributed by atoms with Gasteiger partial charge in [0, 0.05) is 16.8 Å². The molecule has 2 aromatic carbocycles. The summed E-state index contributed by atoms with van der Waals surface area (Å²) in [6, 6.07) is 19.5. The molecule has 0 radical (unpaired) electrons. The van der Waals surface area contributed by atoms with E-state index in [9.17, 15) is 9.59 Å². The molecule has 0 bridgehead atoms. The SMILES string of the molecule is N#Cc1ccc(CSc2ccccc2C(=O)OCC(=O)Nc2ccc(Cl)cn2)cc1. The predicted octanol–water partition coefficient (Wildman–Crippen LogP) is 4.69. The Bertz CT molecular complexity index is 1080. The van der Waals surface area contributed by atoms with Gasteiger partial charge in [-0.3, -0.25) is 4.79 Å². The van der Waals surface area contributed by atoms with Crippen molar-refractivity contribution in [2.24, 2.45) is 0 Å². The van der Waals surface area contributed by atoms with Crippen molar-refractivity contribution in [2.75, 3.05) is 11.9 Å². The molecule has 3 rings (SSSR count). The second-order valence-electron chi connectivity index (χ2n) is 6.08. The fourth-order valence-electron chi connectivity index (χ4n) is 2.44. The Balaban J connectivity index is 1.57. The zero-order chi connectivity index (χ0) is 21.3. The Hall–Kier alpha value is -3.34. The summed E-state index contributed by atoms with van der Waals surface area (Å²) in [4.78, 5) is 29.2. The molecule has 1 aromatic heterocycles. The first-order valence-corrected chi connectivity index (χ1v) is 10.2. The number of amides is 1. The smallest absolute Gasteiger partial charge is 0.339 e. The Morgan fingerprint density at radius 3 is 2.57 bits per heavy atom. The van der Waals surface area contributed by atoms with Crippen molar-refractivity contribution in [1.29, 1.82) is 5.26 Å². The molecule has 1 heterocycles. The summed E-state index contributed by atoms with van der Waals surface area (Å²) < 4.78 is 5.15. The minimum Gasteiger partial charge on any atom is -0.452 e. The molecule has 6 nitrogen and oxygen atoms in total. The van der Waals surface area contributed by atoms with E-state index in [1.807, 2.05) is 24.3 Å². The fourth-order valence-corrected chi connectivity index (χ4v) is 3.54. The number of pyridine rings is 1. The lowest BCUT2D eigenvalue weighted by atomic mass is 10.2. The van der Waals surface area contributed by atoms with Crippen LogP contribution in [0.15, 0.2) is 71.8 Å². The van der Waals surface area contributed by atoms with Crippen LogP contribution in [0.4, 0.5) is 5.82 Å². The zero-order valence-electron chi connectivity index (χ0n) is 15.7. The predicted molar refractivity (Wildman–Crippen MR) is 115 cm³/mol. The maximum Gasteiger partial charge on any atom is 0.339 e. The van der Waals surface area contributed by atoms with Gasteiger partial charge in [0.2, 0.25) is 0 Å². The Morgan fingerprint density at radius 2 is 1.87 bits per heavy atom. The standard InChI is InChI=1S/C22H16ClN3O3S/c23-17-9-10-20(25-12-17)26-21(27)13-29-22(28)18-3-1-2-4-19(18)30-14-16-7-5-15(11-24)6-8-16/h1-10,12H,13-14H2,(H,25,26,27). The van der Waals surface area contributed by atoms with Gasteiger partial charge in [0.25, 0.3) is 5.91 Å². The second-order valence-corrected chi connectivity index (χ2v) is 7.53. The molecule has 3 aromatic rings. The van der Waals surface area contributed by atoms with E-state index >= 15 is 0 Å². The van der Waals surface area contributed by atoms with E-state index in [0.29, 0.717) is 27.7 Å². The minimum atomic E-state index is -0.586. The summed E-state index contributed by atoms with van der Waals surface area (Å²) >= 11 is 7.23. The molecule has 0 aliphatic rings. The molecule has 0 aliphatic carbocycles. The number of nitriles is 1. The van der Waals surface area contributed by atoms with Crippen molar-refractivity contribution in [3.05, 3.63) is 88.6 Å². The number of carbonyl (C=O) groups is 2. The van der Waals surface area contributed by atoms with Crippen LogP contribution in [0.1, 0.15) is 21.5 Å². The van der Waals surface area contributed by atoms with Gasteiger partial charge in [0.1, 0.15) is 5.82 Å². The number of anilines is 1. The quantitative estimate of drug-likeness (QED) is 0.425. The van der Waals surface area contributed by atoms with E-state index < -0.39 is 18.5 Å². The third-order valence-electron chi connectivity index (χ3n) is 3.91. The van der Waals surface area contributed by atoms with Gasteiger partial charge in [0.15, 0.2) is 6.61 Å². The van der Waals surface area contributed by atoms with Gasteiger partial charge in [-0.25, -0.2) is 9.78 Å². The highest BCUT2D eigenvalue weighted by molar-refractivity contribution is 7.98. The Morgan fingerprint density at radius 1 is 1.10 bits per heavy atom. The molecule has 0 unspecified atom stereocenters. The highest BCUT2D eigenvalue weighted by atomic mass is 35.5. The molecule has 1 amide bonds. The number of thioether (sulfide) groups is 1. The van der Waals surface area contributed by atoms with Crippen LogP contribution < -0.4 is 5.32 Å². The molecule has 8 heteroatoms. The van der Waals surface area contributed by atoms with Crippen LogP contribution in [0.2, 0.25) is 5.02 Å². The lowest BCUT2D eigenvalue weighted by Crippen LogP contribution is -2.21. The maximum atomic E-state index is 12.5. The van der Waals surface area contributed by atoms with Crippen LogP contribution in [0.25, 0.3) is 0 Å². The van der Waals surface area contributed by atoms with Gasteiger partial charge in [-0.2, -0.15) is 5.26 Å². The molecule has 0 fully saturated rings. The van der Waals surface area contributed by atoms with E-state index in [4.69, 9.17) is 21.6 Å². The number of hydrogen-bond donors (Lipinski definition) is 1. The van der Waals surface area contributed by atoms with Gasteiger partial charge >= 0.3 is 5.97 Å². The van der Waals surface area contributed by atoms with Gasteiger partial charge in [-0.1, -0.05) is 35.9 Å². The monoisotopic (exact) mass is 437 g/mol. The van der Waals surface area contributed by atoms with Crippen molar-refractivity contribution in [3.8, 4) is 6.07 Å². The first-order valence-electron chi connectivity index (χ1n) is 8.84. The first-order chi connectivity index (χ1) is 14.5. The summed E-state index contributed by atoms with van der Waals surface area (Å²) in [5, 5.41) is 11.9. The number of carbonyl (C=O) groups excluding carboxylic acids is 2. The van der Waals surface area contributed by atoms with E-state index in [2.05, 4.69) is 16.4 Å². The third-order valence-corrected chi connectivity index (χ3v) is 5.28. The van der Waals surface area contributed by atoms with Gasteiger partial charge < -0.3 is 10.1 Å². The molecule has 0 saturated heterocycles. The van der Waals surface area contributed by atoms with E-state index in [-0.39, 0.29) is 0 Å². The lowest BCUT2D eigenvalue weighted by molar-refractivity contribution is -0.119. The number of benzene rings is 2. The van der Waals surface area contributed by atoms with Crippen molar-refractivity contribution < 1.29 is 14.3 Å². The van der Waals surface area contributed by atoms with Crippen LogP contribution in [0.3, 0.4) is 0 Å². The Labute approximate surface area is 182 Å². The number of ether oxygens (including phenoxy) is 1. The van der Waals surface area contributed by atoms with E-state index in [1.165, 1.54) is 18.0 Å². The topological polar surface area (TPSA) is 92.1 Å². The van der Waals surface area contributed by atoms with E-state index in [1.54, 1.807) is 36.4 Å². The molecule has 30 heavy (non-hydrogen) atoms. The maximum absolute atomic E-state index is 12.5. The molecule has 0 atom stereocenters. The van der Waals surface area contributed by atoms with Crippen LogP contribution in [0.5, 0.6) is 0 Å². The van der Waals surface area contributed by atoms with Crippen LogP contribution in [-0.4, -0.2) is 23.5 Å². The van der Waals surface area contributed by atoms with Crippen molar-refractivity contribution in [3.63, 3.8) is 0 Å². The third kappa shape index (κ3) is 6.08. The molecular formula is C22H16ClN3O3S. The number of hydrogen-bond acceptors (Lipinski definition) is 6. The second kappa shape index (κ2) is 10.4. The largest absolute Gasteiger partial charge is 0.452 e. The van der Waals surface area contributed by atoms with Crippen LogP contribution in [0, 0.1) is 11.3 Å². The van der Waals surface area contributed by atoms with Gasteiger partial charge in [-0.15, -0.1) is 11.8 Å². The average Bonchev–Trinajstić information content (AvgIpc) is 2.78. The van der Waals surface area contributed by atoms with Crippen molar-refractivity contribution in [1.82, 2.24) is 4.98 Å². The van der Waals surface area contributed by atoms with Crippen LogP contribution >= 0.6 is 23.4 Å². The number of aromatic nitrogens is 1. The molecular weight excluding hydrogens is 422 g/mol. The summed E-state index contributed by atoms with van der Waals surface area (Å²) in [5.41, 5.74) is 2.00. The molecule has 1 N–H and O–H groups in total. The number of rotatable bonds is 7. The highest BCUT2D eigenvalue weighted by Crippen LogP contribution is 2.27. The number of nitrogens with one attached hydrogen (secondary N) is 1. The summed E-state index contributed by atoms with van der Waals surface area (Å²) in [6.45, 7) is -0.433. The van der Waals surface area contributed by atoms with Gasteiger partial charge in [0.05, 0.1) is 22.2 Å².